The third-order valence-corrected chi connectivity index (χ3v) is 5.16. The zero-order chi connectivity index (χ0) is 27.2. The summed E-state index contributed by atoms with van der Waals surface area (Å²) in [6.07, 6.45) is -5.08. The summed E-state index contributed by atoms with van der Waals surface area (Å²) in [6.45, 7) is 12.5. The third kappa shape index (κ3) is 6.36. The predicted octanol–water partition coefficient (Wildman–Crippen LogP) is 2.54. The molecule has 2 N–H and O–H groups in total. The maximum absolute atomic E-state index is 13.2. The van der Waals surface area contributed by atoms with Crippen LogP contribution in [0.4, 0.5) is 24.8 Å². The molecule has 0 radical (unpaired) electrons. The lowest BCUT2D eigenvalue weighted by Gasteiger charge is -2.28. The summed E-state index contributed by atoms with van der Waals surface area (Å²) in [5.41, 5.74) is 0.998. The fourth-order valence-electron chi connectivity index (χ4n) is 3.33. The van der Waals surface area contributed by atoms with Gasteiger partial charge in [0.1, 0.15) is 5.75 Å². The largest absolute Gasteiger partial charge is 0.490 e. The molecule has 0 amide bonds. The first-order valence-electron chi connectivity index (χ1n) is 10.8. The number of imidazole rings is 1. The van der Waals surface area contributed by atoms with Gasteiger partial charge in [0.25, 0.3) is 5.56 Å². The molecule has 3 aromatic rings. The van der Waals surface area contributed by atoms with Crippen LogP contribution >= 0.6 is 0 Å². The number of benzene rings is 1. The van der Waals surface area contributed by atoms with Crippen molar-refractivity contribution >= 4 is 28.8 Å². The van der Waals surface area contributed by atoms with E-state index in [0.717, 1.165) is 26.2 Å². The Balaban J connectivity index is 0.000000479. The molecular weight excluding hydrogens is 495 g/mol. The molecule has 0 spiro atoms. The number of nitrogens with zero attached hydrogens (tertiary/aromatic N) is 6. The Labute approximate surface area is 208 Å². The monoisotopic (exact) mass is 517 g/mol. The molecule has 1 aliphatic rings. The number of fused-ring (bicyclic) bond motifs is 1. The van der Waals surface area contributed by atoms with Crippen molar-refractivity contribution in [1.82, 2.24) is 24.4 Å². The summed E-state index contributed by atoms with van der Waals surface area (Å²) in [5, 5.41) is 10.4. The Morgan fingerprint density at radius 3 is 2.41 bits per heavy atom. The van der Waals surface area contributed by atoms with Gasteiger partial charge in [0, 0.05) is 33.2 Å². The Morgan fingerprint density at radius 1 is 1.24 bits per heavy atom. The number of nitrogens with one attached hydrogen (secondary N) is 1. The first-order chi connectivity index (χ1) is 17.6. The second-order valence-corrected chi connectivity index (χ2v) is 7.60. The number of piperazine rings is 1. The van der Waals surface area contributed by atoms with E-state index in [0.29, 0.717) is 35.1 Å². The van der Waals surface area contributed by atoms with E-state index in [4.69, 9.17) is 21.2 Å². The van der Waals surface area contributed by atoms with Crippen LogP contribution in [0.1, 0.15) is 6.92 Å². The van der Waals surface area contributed by atoms with Crippen LogP contribution in [0.2, 0.25) is 0 Å². The highest BCUT2D eigenvalue weighted by molar-refractivity contribution is 5.75. The van der Waals surface area contributed by atoms with Crippen molar-refractivity contribution in [1.29, 1.82) is 0 Å². The number of anilines is 1. The number of ether oxygens (including phenoxy) is 1. The molecule has 11 nitrogen and oxygen atoms in total. The van der Waals surface area contributed by atoms with E-state index in [1.165, 1.54) is 4.57 Å². The van der Waals surface area contributed by atoms with Gasteiger partial charge in [-0.3, -0.25) is 13.9 Å². The summed E-state index contributed by atoms with van der Waals surface area (Å²) in [7, 11) is 1.62. The number of hydrogen-bond acceptors (Lipinski definition) is 7. The molecule has 2 aromatic heterocycles. The van der Waals surface area contributed by atoms with E-state index in [2.05, 4.69) is 36.9 Å². The van der Waals surface area contributed by atoms with Gasteiger partial charge in [-0.25, -0.2) is 9.64 Å². The standard InChI is InChI=1S/C21H21N7O2.C2HF3O2/c1-4-5-12-28-17-18(24-20(28)27-13-10-23-11-14-27)25-21(26(3)19(17)29)30-16-8-6-15(22-2)7-9-16;3-2(4,5)1(6)7/h6-9,23H,10-14H2,1,3H3;(H,6,7). The van der Waals surface area contributed by atoms with E-state index in [9.17, 15) is 18.0 Å². The van der Waals surface area contributed by atoms with Crippen molar-refractivity contribution in [2.24, 2.45) is 7.05 Å². The normalized spacial score (nSPS) is 13.1. The number of aliphatic carboxylic acids is 1. The van der Waals surface area contributed by atoms with Gasteiger partial charge in [0.15, 0.2) is 16.9 Å². The summed E-state index contributed by atoms with van der Waals surface area (Å²) in [4.78, 5) is 36.8. The number of alkyl halides is 3. The van der Waals surface area contributed by atoms with E-state index < -0.39 is 12.1 Å². The molecule has 0 atom stereocenters. The molecule has 0 aliphatic carbocycles. The molecule has 0 bridgehead atoms. The maximum Gasteiger partial charge on any atom is 0.490 e. The van der Waals surface area contributed by atoms with Crippen LogP contribution in [0.5, 0.6) is 11.8 Å². The average molecular weight is 517 g/mol. The van der Waals surface area contributed by atoms with Gasteiger partial charge in [-0.1, -0.05) is 18.1 Å². The highest BCUT2D eigenvalue weighted by Crippen LogP contribution is 2.25. The van der Waals surface area contributed by atoms with Gasteiger partial charge < -0.3 is 20.1 Å². The molecule has 0 unspecified atom stereocenters. The number of hydrogen-bond donors (Lipinski definition) is 2. The van der Waals surface area contributed by atoms with Gasteiger partial charge in [-0.2, -0.15) is 23.1 Å². The molecule has 1 aromatic carbocycles. The van der Waals surface area contributed by atoms with E-state index in [-0.39, 0.29) is 11.6 Å². The minimum Gasteiger partial charge on any atom is -0.475 e. The zero-order valence-corrected chi connectivity index (χ0v) is 19.8. The van der Waals surface area contributed by atoms with Crippen molar-refractivity contribution in [3.63, 3.8) is 0 Å². The highest BCUT2D eigenvalue weighted by Gasteiger charge is 2.38. The minimum absolute atomic E-state index is 0.140. The van der Waals surface area contributed by atoms with Crippen LogP contribution in [0.25, 0.3) is 16.0 Å². The summed E-state index contributed by atoms with van der Waals surface area (Å²) in [6, 6.07) is 6.79. The third-order valence-electron chi connectivity index (χ3n) is 5.16. The minimum atomic E-state index is -5.08. The Bertz CT molecular complexity index is 1440. The van der Waals surface area contributed by atoms with Crippen molar-refractivity contribution in [2.45, 2.75) is 19.6 Å². The van der Waals surface area contributed by atoms with Crippen molar-refractivity contribution < 1.29 is 27.8 Å². The maximum atomic E-state index is 13.2. The quantitative estimate of drug-likeness (QED) is 0.401. The summed E-state index contributed by atoms with van der Waals surface area (Å²) >= 11 is 0. The molecule has 37 heavy (non-hydrogen) atoms. The Morgan fingerprint density at radius 2 is 1.86 bits per heavy atom. The summed E-state index contributed by atoms with van der Waals surface area (Å²) < 4.78 is 40.8. The SMILES string of the molecule is O=C(O)C(F)(F)F.[C-]#[N+]c1ccc(Oc2nc3nc(N4CCNCC4)n(CC#CC)c3c(=O)n2C)cc1. The lowest BCUT2D eigenvalue weighted by Crippen LogP contribution is -2.44. The molecule has 14 heteroatoms. The first-order valence-corrected chi connectivity index (χ1v) is 10.8. The molecule has 1 fully saturated rings. The van der Waals surface area contributed by atoms with E-state index >= 15 is 0 Å². The van der Waals surface area contributed by atoms with Crippen molar-refractivity contribution in [2.75, 3.05) is 31.1 Å². The smallest absolute Gasteiger partial charge is 0.475 e. The number of carboxylic acids is 1. The number of rotatable bonds is 4. The molecule has 194 valence electrons. The van der Waals surface area contributed by atoms with Crippen LogP contribution in [0.15, 0.2) is 29.1 Å². The molecule has 1 aliphatic heterocycles. The average Bonchev–Trinajstić information content (AvgIpc) is 3.25. The van der Waals surface area contributed by atoms with Gasteiger partial charge in [-0.15, -0.1) is 5.92 Å². The first kappa shape index (κ1) is 27.0. The van der Waals surface area contributed by atoms with Crippen LogP contribution < -0.4 is 20.5 Å². The number of carboxylic acid groups (broad SMARTS) is 1. The van der Waals surface area contributed by atoms with Crippen molar-refractivity contribution in [3.8, 4) is 23.6 Å². The lowest BCUT2D eigenvalue weighted by atomic mass is 10.3. The fourth-order valence-corrected chi connectivity index (χ4v) is 3.33. The van der Waals surface area contributed by atoms with Gasteiger partial charge in [0.2, 0.25) is 5.95 Å². The van der Waals surface area contributed by atoms with Gasteiger partial charge in [-0.05, 0) is 19.1 Å². The van der Waals surface area contributed by atoms with Crippen molar-refractivity contribution in [3.05, 3.63) is 46.0 Å². The fraction of sp³-hybridized carbons (Fsp3) is 0.348. The van der Waals surface area contributed by atoms with Crippen LogP contribution in [-0.2, 0) is 18.4 Å². The zero-order valence-electron chi connectivity index (χ0n) is 19.8. The van der Waals surface area contributed by atoms with E-state index in [1.54, 1.807) is 38.2 Å². The molecule has 1 saturated heterocycles. The molecule has 4 rings (SSSR count). The molecule has 3 heterocycles. The molecule has 0 saturated carbocycles. The van der Waals surface area contributed by atoms with Gasteiger partial charge in [0.05, 0.1) is 13.1 Å². The second-order valence-electron chi connectivity index (χ2n) is 7.60. The topological polar surface area (TPSA) is 119 Å². The number of halogens is 3. The number of carbonyl (C=O) groups is 1. The summed E-state index contributed by atoms with van der Waals surface area (Å²) in [5.74, 6) is 4.34. The number of aromatic nitrogens is 4. The van der Waals surface area contributed by atoms with Crippen LogP contribution in [0, 0.1) is 18.4 Å². The second kappa shape index (κ2) is 11.5. The lowest BCUT2D eigenvalue weighted by molar-refractivity contribution is -0.192. The van der Waals surface area contributed by atoms with Crippen LogP contribution in [0.3, 0.4) is 0 Å². The van der Waals surface area contributed by atoms with Gasteiger partial charge >= 0.3 is 18.2 Å². The van der Waals surface area contributed by atoms with E-state index in [1.807, 2.05) is 4.57 Å². The predicted molar refractivity (Wildman–Crippen MR) is 128 cm³/mol. The van der Waals surface area contributed by atoms with Crippen LogP contribution in [-0.4, -0.2) is 62.5 Å². The Hall–Kier alpha value is -4.56. The highest BCUT2D eigenvalue weighted by atomic mass is 19.4. The molecular formula is C23H22F3N7O4. The Kier molecular flexibility index (Phi) is 8.37.